The number of H-pyrrole nitrogens is 1. The summed E-state index contributed by atoms with van der Waals surface area (Å²) in [5.41, 5.74) is 2.16. The monoisotopic (exact) mass is 256 g/mol. The number of rotatable bonds is 3. The standard InChI is InChI=1S/C15H16N2O2/c1-10(2)11-3-5-12(6-4-11)15(19)17-13-7-8-14(18)16-9-13/h3-10H,1-2H3,(H,16,18)(H,17,19). The second-order valence-corrected chi connectivity index (χ2v) is 4.67. The van der Waals surface area contributed by atoms with Crippen LogP contribution in [-0.4, -0.2) is 10.9 Å². The Labute approximate surface area is 111 Å². The number of hydrogen-bond acceptors (Lipinski definition) is 2. The van der Waals surface area contributed by atoms with Crippen LogP contribution in [0.25, 0.3) is 0 Å². The molecule has 1 aromatic carbocycles. The van der Waals surface area contributed by atoms with Crippen molar-refractivity contribution in [2.45, 2.75) is 19.8 Å². The van der Waals surface area contributed by atoms with E-state index in [1.165, 1.54) is 17.8 Å². The van der Waals surface area contributed by atoms with Gasteiger partial charge in [0.25, 0.3) is 5.91 Å². The summed E-state index contributed by atoms with van der Waals surface area (Å²) in [5.74, 6) is 0.249. The van der Waals surface area contributed by atoms with Crippen LogP contribution in [0.1, 0.15) is 35.7 Å². The molecule has 0 fully saturated rings. The second-order valence-electron chi connectivity index (χ2n) is 4.67. The van der Waals surface area contributed by atoms with E-state index in [0.717, 1.165) is 0 Å². The average molecular weight is 256 g/mol. The third-order valence-electron chi connectivity index (χ3n) is 2.88. The number of aromatic amines is 1. The largest absolute Gasteiger partial charge is 0.327 e. The number of aromatic nitrogens is 1. The summed E-state index contributed by atoms with van der Waals surface area (Å²) in [6, 6.07) is 10.4. The van der Waals surface area contributed by atoms with Crippen LogP contribution in [0.3, 0.4) is 0 Å². The Balaban J connectivity index is 2.11. The summed E-state index contributed by atoms with van der Waals surface area (Å²) >= 11 is 0. The average Bonchev–Trinajstić information content (AvgIpc) is 2.41. The summed E-state index contributed by atoms with van der Waals surface area (Å²) in [7, 11) is 0. The van der Waals surface area contributed by atoms with Gasteiger partial charge in [0.2, 0.25) is 5.56 Å². The zero-order valence-electron chi connectivity index (χ0n) is 10.9. The molecule has 0 aliphatic rings. The number of hydrogen-bond donors (Lipinski definition) is 2. The van der Waals surface area contributed by atoms with Gasteiger partial charge in [0.15, 0.2) is 0 Å². The first kappa shape index (κ1) is 13.1. The lowest BCUT2D eigenvalue weighted by Gasteiger charge is -2.07. The van der Waals surface area contributed by atoms with Gasteiger partial charge in [0, 0.05) is 17.8 Å². The molecule has 0 spiro atoms. The van der Waals surface area contributed by atoms with Crippen LogP contribution in [-0.2, 0) is 0 Å². The fourth-order valence-corrected chi connectivity index (χ4v) is 1.71. The minimum Gasteiger partial charge on any atom is -0.327 e. The third-order valence-corrected chi connectivity index (χ3v) is 2.88. The van der Waals surface area contributed by atoms with E-state index in [2.05, 4.69) is 24.1 Å². The molecule has 2 rings (SSSR count). The van der Waals surface area contributed by atoms with E-state index in [4.69, 9.17) is 0 Å². The summed E-state index contributed by atoms with van der Waals surface area (Å²) < 4.78 is 0. The highest BCUT2D eigenvalue weighted by atomic mass is 16.1. The first-order valence-electron chi connectivity index (χ1n) is 6.16. The van der Waals surface area contributed by atoms with Crippen molar-refractivity contribution in [1.82, 2.24) is 4.98 Å². The van der Waals surface area contributed by atoms with Gasteiger partial charge < -0.3 is 10.3 Å². The molecule has 0 unspecified atom stereocenters. The fraction of sp³-hybridized carbons (Fsp3) is 0.200. The Hall–Kier alpha value is -2.36. The summed E-state index contributed by atoms with van der Waals surface area (Å²) in [4.78, 5) is 25.4. The van der Waals surface area contributed by atoms with E-state index in [9.17, 15) is 9.59 Å². The first-order valence-corrected chi connectivity index (χ1v) is 6.16. The lowest BCUT2D eigenvalue weighted by molar-refractivity contribution is 0.102. The van der Waals surface area contributed by atoms with Crippen LogP contribution >= 0.6 is 0 Å². The molecule has 0 aliphatic heterocycles. The van der Waals surface area contributed by atoms with Crippen LogP contribution in [0, 0.1) is 0 Å². The number of pyridine rings is 1. The van der Waals surface area contributed by atoms with Gasteiger partial charge in [-0.1, -0.05) is 26.0 Å². The van der Waals surface area contributed by atoms with Crippen LogP contribution in [0.15, 0.2) is 47.4 Å². The maximum Gasteiger partial charge on any atom is 0.255 e. The number of nitrogens with one attached hydrogen (secondary N) is 2. The molecule has 0 aliphatic carbocycles. The van der Waals surface area contributed by atoms with Gasteiger partial charge >= 0.3 is 0 Å². The van der Waals surface area contributed by atoms with Crippen molar-refractivity contribution in [2.24, 2.45) is 0 Å². The summed E-state index contributed by atoms with van der Waals surface area (Å²) in [5, 5.41) is 2.73. The van der Waals surface area contributed by atoms with E-state index in [1.807, 2.05) is 12.1 Å². The minimum atomic E-state index is -0.195. The predicted molar refractivity (Wildman–Crippen MR) is 75.5 cm³/mol. The normalized spacial score (nSPS) is 10.5. The van der Waals surface area contributed by atoms with Crippen LogP contribution in [0.5, 0.6) is 0 Å². The predicted octanol–water partition coefficient (Wildman–Crippen LogP) is 2.75. The first-order chi connectivity index (χ1) is 9.06. The number of benzene rings is 1. The van der Waals surface area contributed by atoms with Crippen molar-refractivity contribution in [1.29, 1.82) is 0 Å². The van der Waals surface area contributed by atoms with Crippen LogP contribution < -0.4 is 10.9 Å². The van der Waals surface area contributed by atoms with E-state index < -0.39 is 0 Å². The molecule has 4 nitrogen and oxygen atoms in total. The molecular formula is C15H16N2O2. The zero-order valence-corrected chi connectivity index (χ0v) is 10.9. The molecule has 1 heterocycles. The van der Waals surface area contributed by atoms with Crippen LogP contribution in [0.2, 0.25) is 0 Å². The Morgan fingerprint density at radius 3 is 2.32 bits per heavy atom. The maximum absolute atomic E-state index is 12.0. The van der Waals surface area contributed by atoms with Crippen molar-refractivity contribution in [2.75, 3.05) is 5.32 Å². The topological polar surface area (TPSA) is 62.0 Å². The maximum atomic E-state index is 12.0. The van der Waals surface area contributed by atoms with Crippen molar-refractivity contribution < 1.29 is 4.79 Å². The Morgan fingerprint density at radius 1 is 1.11 bits per heavy atom. The molecule has 1 amide bonds. The van der Waals surface area contributed by atoms with Crippen LogP contribution in [0.4, 0.5) is 5.69 Å². The quantitative estimate of drug-likeness (QED) is 0.887. The Morgan fingerprint density at radius 2 is 1.79 bits per heavy atom. The van der Waals surface area contributed by atoms with E-state index in [0.29, 0.717) is 17.2 Å². The molecule has 19 heavy (non-hydrogen) atoms. The molecule has 2 aromatic rings. The highest BCUT2D eigenvalue weighted by Gasteiger charge is 2.06. The lowest BCUT2D eigenvalue weighted by Crippen LogP contribution is -2.13. The summed E-state index contributed by atoms with van der Waals surface area (Å²) in [6.07, 6.45) is 1.47. The van der Waals surface area contributed by atoms with Gasteiger partial charge in [-0.2, -0.15) is 0 Å². The highest BCUT2D eigenvalue weighted by molar-refractivity contribution is 6.04. The number of carbonyl (C=O) groups excluding carboxylic acids is 1. The van der Waals surface area contributed by atoms with Crippen molar-refractivity contribution >= 4 is 11.6 Å². The van der Waals surface area contributed by atoms with E-state index >= 15 is 0 Å². The second kappa shape index (κ2) is 5.52. The van der Waals surface area contributed by atoms with Gasteiger partial charge in [-0.15, -0.1) is 0 Å². The molecule has 0 radical (unpaired) electrons. The lowest BCUT2D eigenvalue weighted by atomic mass is 10.0. The molecule has 0 atom stereocenters. The summed E-state index contributed by atoms with van der Waals surface area (Å²) in [6.45, 7) is 4.21. The van der Waals surface area contributed by atoms with Gasteiger partial charge in [-0.05, 0) is 29.7 Å². The van der Waals surface area contributed by atoms with Gasteiger partial charge in [0.05, 0.1) is 5.69 Å². The van der Waals surface area contributed by atoms with Gasteiger partial charge in [0.1, 0.15) is 0 Å². The zero-order chi connectivity index (χ0) is 13.8. The molecule has 98 valence electrons. The molecule has 0 bridgehead atoms. The highest BCUT2D eigenvalue weighted by Crippen LogP contribution is 2.15. The number of amides is 1. The van der Waals surface area contributed by atoms with E-state index in [1.54, 1.807) is 18.2 Å². The minimum absolute atomic E-state index is 0.192. The fourth-order valence-electron chi connectivity index (χ4n) is 1.71. The molecule has 0 saturated heterocycles. The smallest absolute Gasteiger partial charge is 0.255 e. The van der Waals surface area contributed by atoms with Crippen molar-refractivity contribution in [3.05, 3.63) is 64.1 Å². The Kier molecular flexibility index (Phi) is 3.80. The SMILES string of the molecule is CC(C)c1ccc(C(=O)Nc2ccc(=O)[nH]c2)cc1. The van der Waals surface area contributed by atoms with Crippen molar-refractivity contribution in [3.63, 3.8) is 0 Å². The molecule has 4 heteroatoms. The van der Waals surface area contributed by atoms with Gasteiger partial charge in [-0.3, -0.25) is 9.59 Å². The van der Waals surface area contributed by atoms with E-state index in [-0.39, 0.29) is 11.5 Å². The van der Waals surface area contributed by atoms with Crippen molar-refractivity contribution in [3.8, 4) is 0 Å². The molecular weight excluding hydrogens is 240 g/mol. The molecule has 1 aromatic heterocycles. The van der Waals surface area contributed by atoms with Gasteiger partial charge in [-0.25, -0.2) is 0 Å². The molecule has 2 N–H and O–H groups in total. The Bertz CT molecular complexity index is 607. The number of anilines is 1. The third kappa shape index (κ3) is 3.31. The molecule has 0 saturated carbocycles. The number of carbonyl (C=O) groups is 1.